The maximum absolute atomic E-state index is 12.1. The van der Waals surface area contributed by atoms with Crippen LogP contribution in [-0.4, -0.2) is 25.3 Å². The van der Waals surface area contributed by atoms with Crippen molar-refractivity contribution in [2.45, 2.75) is 0 Å². The lowest BCUT2D eigenvalue weighted by molar-refractivity contribution is -0.133. The molecule has 132 valence electrons. The SMILES string of the molecule is COC=C(C(=O)OC)c1ccccc1-c1cc(-c2ccc(Cl)cc2)on1. The molecule has 0 radical (unpaired) electrons. The van der Waals surface area contributed by atoms with E-state index in [4.69, 9.17) is 25.6 Å². The van der Waals surface area contributed by atoms with Crippen LogP contribution in [0.2, 0.25) is 5.02 Å². The molecule has 1 aromatic heterocycles. The molecule has 0 bridgehead atoms. The molecule has 0 aliphatic heterocycles. The van der Waals surface area contributed by atoms with Crippen LogP contribution >= 0.6 is 11.6 Å². The van der Waals surface area contributed by atoms with Crippen LogP contribution < -0.4 is 0 Å². The van der Waals surface area contributed by atoms with Crippen molar-refractivity contribution in [3.63, 3.8) is 0 Å². The number of hydrogen-bond donors (Lipinski definition) is 0. The highest BCUT2D eigenvalue weighted by atomic mass is 35.5. The largest absolute Gasteiger partial charge is 0.503 e. The second-order valence-corrected chi connectivity index (χ2v) is 5.82. The summed E-state index contributed by atoms with van der Waals surface area (Å²) in [4.78, 5) is 12.1. The van der Waals surface area contributed by atoms with Crippen molar-refractivity contribution in [1.82, 2.24) is 5.16 Å². The van der Waals surface area contributed by atoms with E-state index >= 15 is 0 Å². The summed E-state index contributed by atoms with van der Waals surface area (Å²) < 4.78 is 15.4. The number of ether oxygens (including phenoxy) is 2. The third-order valence-corrected chi connectivity index (χ3v) is 4.03. The van der Waals surface area contributed by atoms with Gasteiger partial charge in [-0.15, -0.1) is 0 Å². The summed E-state index contributed by atoms with van der Waals surface area (Å²) in [6.07, 6.45) is 1.35. The zero-order valence-corrected chi connectivity index (χ0v) is 15.0. The van der Waals surface area contributed by atoms with Gasteiger partial charge in [-0.3, -0.25) is 0 Å². The van der Waals surface area contributed by atoms with Gasteiger partial charge in [-0.1, -0.05) is 41.0 Å². The minimum atomic E-state index is -0.499. The van der Waals surface area contributed by atoms with Gasteiger partial charge in [-0.05, 0) is 24.3 Å². The highest BCUT2D eigenvalue weighted by Gasteiger charge is 2.19. The van der Waals surface area contributed by atoms with Crippen molar-refractivity contribution < 1.29 is 18.8 Å². The van der Waals surface area contributed by atoms with Crippen molar-refractivity contribution >= 4 is 23.1 Å². The van der Waals surface area contributed by atoms with E-state index in [-0.39, 0.29) is 0 Å². The van der Waals surface area contributed by atoms with Crippen LogP contribution in [0, 0.1) is 0 Å². The van der Waals surface area contributed by atoms with Crippen LogP contribution in [0.5, 0.6) is 0 Å². The van der Waals surface area contributed by atoms with E-state index in [9.17, 15) is 4.79 Å². The number of aromatic nitrogens is 1. The molecule has 0 amide bonds. The first kappa shape index (κ1) is 17.8. The van der Waals surface area contributed by atoms with Gasteiger partial charge in [0, 0.05) is 27.8 Å². The molecule has 0 N–H and O–H groups in total. The van der Waals surface area contributed by atoms with E-state index < -0.39 is 5.97 Å². The molecule has 0 aliphatic carbocycles. The zero-order valence-electron chi connectivity index (χ0n) is 14.2. The van der Waals surface area contributed by atoms with Gasteiger partial charge >= 0.3 is 5.97 Å². The van der Waals surface area contributed by atoms with E-state index in [0.717, 1.165) is 11.1 Å². The van der Waals surface area contributed by atoms with E-state index in [0.29, 0.717) is 27.6 Å². The Morgan fingerprint density at radius 1 is 1.12 bits per heavy atom. The van der Waals surface area contributed by atoms with Gasteiger partial charge < -0.3 is 14.0 Å². The molecule has 0 atom stereocenters. The number of nitrogens with zero attached hydrogens (tertiary/aromatic N) is 1. The normalized spacial score (nSPS) is 11.3. The maximum Gasteiger partial charge on any atom is 0.341 e. The summed E-state index contributed by atoms with van der Waals surface area (Å²) in [5.74, 6) is 0.0996. The Kier molecular flexibility index (Phi) is 5.39. The summed E-state index contributed by atoms with van der Waals surface area (Å²) in [6.45, 7) is 0. The van der Waals surface area contributed by atoms with Crippen LogP contribution in [0.15, 0.2) is 65.4 Å². The molecule has 26 heavy (non-hydrogen) atoms. The molecule has 5 nitrogen and oxygen atoms in total. The number of hydrogen-bond acceptors (Lipinski definition) is 5. The number of carbonyl (C=O) groups is 1. The summed E-state index contributed by atoms with van der Waals surface area (Å²) in [7, 11) is 2.80. The van der Waals surface area contributed by atoms with Gasteiger partial charge in [0.05, 0.1) is 20.5 Å². The molecule has 3 rings (SSSR count). The summed E-state index contributed by atoms with van der Waals surface area (Å²) in [5.41, 5.74) is 3.10. The average molecular weight is 370 g/mol. The highest BCUT2D eigenvalue weighted by Crippen LogP contribution is 2.32. The Labute approximate surface area is 155 Å². The van der Waals surface area contributed by atoms with Gasteiger partial charge in [0.25, 0.3) is 0 Å². The molecule has 0 saturated carbocycles. The second-order valence-electron chi connectivity index (χ2n) is 5.39. The van der Waals surface area contributed by atoms with E-state index in [2.05, 4.69) is 5.16 Å². The lowest BCUT2D eigenvalue weighted by Crippen LogP contribution is -2.05. The lowest BCUT2D eigenvalue weighted by Gasteiger charge is -2.09. The predicted molar refractivity (Wildman–Crippen MR) is 99.4 cm³/mol. The Morgan fingerprint density at radius 3 is 2.54 bits per heavy atom. The predicted octanol–water partition coefficient (Wildman–Crippen LogP) is 4.82. The first-order chi connectivity index (χ1) is 12.6. The number of carbonyl (C=O) groups excluding carboxylic acids is 1. The van der Waals surface area contributed by atoms with Crippen molar-refractivity contribution in [3.05, 3.63) is 71.4 Å². The van der Waals surface area contributed by atoms with Crippen LogP contribution in [0.1, 0.15) is 5.56 Å². The first-order valence-corrected chi connectivity index (χ1v) is 8.15. The van der Waals surface area contributed by atoms with Crippen molar-refractivity contribution in [3.8, 4) is 22.6 Å². The first-order valence-electron chi connectivity index (χ1n) is 7.77. The number of benzene rings is 2. The third-order valence-electron chi connectivity index (χ3n) is 3.77. The number of halogens is 1. The smallest absolute Gasteiger partial charge is 0.341 e. The minimum Gasteiger partial charge on any atom is -0.503 e. The fourth-order valence-corrected chi connectivity index (χ4v) is 2.67. The number of esters is 1. The van der Waals surface area contributed by atoms with Gasteiger partial charge in [0.15, 0.2) is 5.76 Å². The highest BCUT2D eigenvalue weighted by molar-refractivity contribution is 6.30. The molecular weight excluding hydrogens is 354 g/mol. The Balaban J connectivity index is 2.05. The van der Waals surface area contributed by atoms with Gasteiger partial charge in [-0.25, -0.2) is 4.79 Å². The lowest BCUT2D eigenvalue weighted by atomic mass is 9.98. The average Bonchev–Trinajstić information content (AvgIpc) is 3.16. The number of methoxy groups -OCH3 is 2. The minimum absolute atomic E-state index is 0.293. The number of rotatable bonds is 5. The topological polar surface area (TPSA) is 61.6 Å². The summed E-state index contributed by atoms with van der Waals surface area (Å²) in [6, 6.07) is 16.4. The third kappa shape index (κ3) is 3.63. The van der Waals surface area contributed by atoms with Gasteiger partial charge in [-0.2, -0.15) is 0 Å². The second kappa shape index (κ2) is 7.89. The van der Waals surface area contributed by atoms with Crippen LogP contribution in [0.4, 0.5) is 0 Å². The fourth-order valence-electron chi connectivity index (χ4n) is 2.54. The van der Waals surface area contributed by atoms with Crippen molar-refractivity contribution in [2.24, 2.45) is 0 Å². The molecule has 3 aromatic rings. The van der Waals surface area contributed by atoms with E-state index in [1.807, 2.05) is 36.4 Å². The molecule has 0 spiro atoms. The van der Waals surface area contributed by atoms with Crippen molar-refractivity contribution in [1.29, 1.82) is 0 Å². The molecule has 1 heterocycles. The van der Waals surface area contributed by atoms with Crippen LogP contribution in [0.25, 0.3) is 28.2 Å². The Morgan fingerprint density at radius 2 is 1.85 bits per heavy atom. The summed E-state index contributed by atoms with van der Waals surface area (Å²) in [5, 5.41) is 4.79. The molecule has 0 saturated heterocycles. The van der Waals surface area contributed by atoms with E-state index in [1.165, 1.54) is 20.5 Å². The van der Waals surface area contributed by atoms with Crippen LogP contribution in [-0.2, 0) is 14.3 Å². The van der Waals surface area contributed by atoms with Gasteiger partial charge in [0.2, 0.25) is 0 Å². The van der Waals surface area contributed by atoms with E-state index in [1.54, 1.807) is 18.2 Å². The fraction of sp³-hybridized carbons (Fsp3) is 0.100. The molecule has 0 fully saturated rings. The van der Waals surface area contributed by atoms with Gasteiger partial charge in [0.1, 0.15) is 11.3 Å². The molecule has 0 aliphatic rings. The Bertz CT molecular complexity index is 944. The van der Waals surface area contributed by atoms with Crippen molar-refractivity contribution in [2.75, 3.05) is 14.2 Å². The quantitative estimate of drug-likeness (QED) is 0.366. The molecule has 2 aromatic carbocycles. The van der Waals surface area contributed by atoms with Crippen LogP contribution in [0.3, 0.4) is 0 Å². The molecule has 0 unspecified atom stereocenters. The standard InChI is InChI=1S/C20H16ClNO4/c1-24-12-17(20(23)25-2)15-5-3-4-6-16(15)18-11-19(26-22-18)13-7-9-14(21)10-8-13/h3-12H,1-2H3. The monoisotopic (exact) mass is 369 g/mol. The Hall–Kier alpha value is -3.05. The molecule has 6 heteroatoms. The summed E-state index contributed by atoms with van der Waals surface area (Å²) >= 11 is 5.92. The molecular formula is C20H16ClNO4. The maximum atomic E-state index is 12.1. The zero-order chi connectivity index (χ0) is 18.5.